The van der Waals surface area contributed by atoms with Crippen molar-refractivity contribution in [3.05, 3.63) is 169 Å². The third kappa shape index (κ3) is 13.4. The van der Waals surface area contributed by atoms with Gasteiger partial charge in [-0.25, -0.2) is 9.97 Å². The highest BCUT2D eigenvalue weighted by atomic mass is 15.3. The van der Waals surface area contributed by atoms with Crippen molar-refractivity contribution < 1.29 is 0 Å². The van der Waals surface area contributed by atoms with Gasteiger partial charge < -0.3 is 34.5 Å². The predicted molar refractivity (Wildman–Crippen MR) is 325 cm³/mol. The van der Waals surface area contributed by atoms with Crippen LogP contribution in [0.15, 0.2) is 129 Å². The largest absolute Gasteiger partial charge is 0.367 e. The summed E-state index contributed by atoms with van der Waals surface area (Å²) in [4.78, 5) is 47.1. The van der Waals surface area contributed by atoms with Gasteiger partial charge in [0.25, 0.3) is 0 Å². The highest BCUT2D eigenvalue weighted by molar-refractivity contribution is 5.94. The number of aromatic nitrogens is 12. The predicted octanol–water partition coefficient (Wildman–Crippen LogP) is 10.3. The molecule has 4 N–H and O–H groups in total. The van der Waals surface area contributed by atoms with Crippen LogP contribution in [0.4, 0.5) is 0 Å². The second-order valence-electron chi connectivity index (χ2n) is 20.7. The first-order valence-corrected chi connectivity index (χ1v) is 27.9. The van der Waals surface area contributed by atoms with Crippen LogP contribution >= 0.6 is 0 Å². The fourth-order valence-corrected chi connectivity index (χ4v) is 10.2. The zero-order valence-corrected chi connectivity index (χ0v) is 47.9. The molecule has 0 radical (unpaired) electrons. The van der Waals surface area contributed by atoms with Gasteiger partial charge in [-0.1, -0.05) is 69.5 Å². The lowest BCUT2D eigenvalue weighted by Gasteiger charge is -2.35. The van der Waals surface area contributed by atoms with Crippen LogP contribution in [-0.2, 0) is 19.3 Å². The summed E-state index contributed by atoms with van der Waals surface area (Å²) >= 11 is 0. The Labute approximate surface area is 470 Å². The molecule has 0 unspecified atom stereocenters. The van der Waals surface area contributed by atoms with Crippen molar-refractivity contribution >= 4 is 33.2 Å². The van der Waals surface area contributed by atoms with Gasteiger partial charge in [0.2, 0.25) is 0 Å². The Kier molecular flexibility index (Phi) is 18.7. The average Bonchev–Trinajstić information content (AvgIpc) is 4.32. The van der Waals surface area contributed by atoms with E-state index in [4.69, 9.17) is 19.9 Å². The van der Waals surface area contributed by atoms with Gasteiger partial charge in [-0.3, -0.25) is 30.1 Å². The number of piperazine rings is 2. The van der Waals surface area contributed by atoms with E-state index < -0.39 is 0 Å². The number of aromatic amines is 4. The summed E-state index contributed by atoms with van der Waals surface area (Å²) in [7, 11) is 8.52. The van der Waals surface area contributed by atoms with Crippen LogP contribution < -0.4 is 0 Å². The molecule has 2 saturated heterocycles. The molecule has 8 aromatic heterocycles. The molecule has 2 aliphatic rings. The summed E-state index contributed by atoms with van der Waals surface area (Å²) in [6.07, 6.45) is 23.1. The van der Waals surface area contributed by atoms with Crippen LogP contribution in [0, 0.1) is 13.8 Å². The van der Waals surface area contributed by atoms with Crippen LogP contribution in [0.1, 0.15) is 59.7 Å². The Balaban J connectivity index is 0.000000188. The number of nitrogens with zero attached hydrogens (tertiary/aromatic N) is 13. The average molecular weight is 1070 g/mol. The minimum Gasteiger partial charge on any atom is -0.367 e. The maximum Gasteiger partial charge on any atom is 0.159 e. The molecule has 9 aromatic rings. The second-order valence-corrected chi connectivity index (χ2v) is 20.7. The number of H-pyrrole nitrogens is 4. The van der Waals surface area contributed by atoms with E-state index in [1.165, 1.54) is 16.7 Å². The molecule has 80 heavy (non-hydrogen) atoms. The maximum absolute atomic E-state index is 5.04. The number of hydrogen-bond donors (Lipinski definition) is 4. The quantitative estimate of drug-likeness (QED) is 0.0633. The molecule has 17 nitrogen and oxygen atoms in total. The smallest absolute Gasteiger partial charge is 0.159 e. The van der Waals surface area contributed by atoms with Crippen molar-refractivity contribution in [2.75, 3.05) is 87.1 Å². The van der Waals surface area contributed by atoms with E-state index in [-0.39, 0.29) is 0 Å². The first-order chi connectivity index (χ1) is 39.0. The zero-order valence-electron chi connectivity index (χ0n) is 47.9. The lowest BCUT2D eigenvalue weighted by Crippen LogP contribution is -2.43. The Morgan fingerprint density at radius 1 is 0.575 bits per heavy atom. The molecule has 2 fully saturated rings. The minimum atomic E-state index is 0.731. The van der Waals surface area contributed by atoms with E-state index in [1.807, 2.05) is 69.2 Å². The second kappa shape index (κ2) is 26.5. The summed E-state index contributed by atoms with van der Waals surface area (Å²) in [6.45, 7) is 25.0. The molecule has 0 amide bonds. The number of aryl methyl sites for hydroxylation is 5. The number of likely N-dealkylation sites (N-methyl/N-ethyl adjacent to an activating group) is 2. The van der Waals surface area contributed by atoms with Gasteiger partial charge in [0.05, 0.1) is 46.2 Å². The highest BCUT2D eigenvalue weighted by Gasteiger charge is 2.25. The Morgan fingerprint density at radius 2 is 1.02 bits per heavy atom. The Hall–Kier alpha value is -8.38. The van der Waals surface area contributed by atoms with Crippen molar-refractivity contribution in [2.24, 2.45) is 0 Å². The van der Waals surface area contributed by atoms with Gasteiger partial charge in [-0.15, -0.1) is 0 Å². The third-order valence-electron chi connectivity index (χ3n) is 14.6. The summed E-state index contributed by atoms with van der Waals surface area (Å²) in [6, 6.07) is 19.1. The topological polar surface area (TPSA) is 182 Å². The number of rotatable bonds is 17. The first kappa shape index (κ1) is 56.3. The summed E-state index contributed by atoms with van der Waals surface area (Å²) in [5.74, 6) is 1.47. The van der Waals surface area contributed by atoms with Gasteiger partial charge in [0, 0.05) is 110 Å². The van der Waals surface area contributed by atoms with E-state index in [0.717, 1.165) is 186 Å². The van der Waals surface area contributed by atoms with Crippen LogP contribution in [0.2, 0.25) is 0 Å². The van der Waals surface area contributed by atoms with Gasteiger partial charge in [-0.2, -0.15) is 10.2 Å². The summed E-state index contributed by atoms with van der Waals surface area (Å²) in [5.41, 5.74) is 16.8. The van der Waals surface area contributed by atoms with Crippen LogP contribution in [-0.4, -0.2) is 172 Å². The van der Waals surface area contributed by atoms with E-state index >= 15 is 0 Å². The number of hydrogen-bond acceptors (Lipinski definition) is 13. The van der Waals surface area contributed by atoms with Crippen LogP contribution in [0.25, 0.3) is 78.8 Å². The number of imidazole rings is 2. The molecule has 0 bridgehead atoms. The molecule has 2 aliphatic heterocycles. The molecule has 17 heteroatoms. The number of nitrogens with one attached hydrogen (secondary N) is 4. The molecule has 10 heterocycles. The van der Waals surface area contributed by atoms with Gasteiger partial charge >= 0.3 is 0 Å². The minimum absolute atomic E-state index is 0.731. The fraction of sp³-hybridized carbons (Fsp3) is 0.333. The lowest BCUT2D eigenvalue weighted by molar-refractivity contribution is 0.207. The van der Waals surface area contributed by atoms with Crippen LogP contribution in [0.5, 0.6) is 0 Å². The van der Waals surface area contributed by atoms with Crippen molar-refractivity contribution in [1.82, 2.24) is 84.8 Å². The van der Waals surface area contributed by atoms with Crippen molar-refractivity contribution in [3.8, 4) is 45.6 Å². The Bertz CT molecular complexity index is 3560. The monoisotopic (exact) mass is 1070 g/mol. The van der Waals surface area contributed by atoms with E-state index in [9.17, 15) is 0 Å². The van der Waals surface area contributed by atoms with Gasteiger partial charge in [0.1, 0.15) is 22.8 Å². The third-order valence-corrected chi connectivity index (χ3v) is 14.6. The summed E-state index contributed by atoms with van der Waals surface area (Å²) in [5, 5.41) is 17.4. The lowest BCUT2D eigenvalue weighted by atomic mass is 10.0. The number of fused-ring (bicyclic) bond motifs is 2. The van der Waals surface area contributed by atoms with Gasteiger partial charge in [-0.05, 0) is 127 Å². The Morgan fingerprint density at radius 3 is 1.48 bits per heavy atom. The van der Waals surface area contributed by atoms with Crippen LogP contribution in [0.3, 0.4) is 0 Å². The van der Waals surface area contributed by atoms with E-state index in [0.29, 0.717) is 0 Å². The molecule has 1 aromatic carbocycles. The molecule has 0 aliphatic carbocycles. The molecular weight excluding hydrogens is 995 g/mol. The fourth-order valence-electron chi connectivity index (χ4n) is 10.2. The SMILES string of the molecule is C=C/C=C(\c1nc(-c2n[nH]c3cnc(-c4cncc(CCCN(C)C)c4)cc23)[nH]c1C)N1CCN(C)CC1.C=C/C=C(\c1nc(-c2n[nH]c3cnc(-c4cncc(CCc5ccccc5)c4)cc23)[nH]c1C)N1CCN(C)CC1.CC. The number of benzene rings is 1. The van der Waals surface area contributed by atoms with E-state index in [1.54, 1.807) is 0 Å². The van der Waals surface area contributed by atoms with Crippen molar-refractivity contribution in [1.29, 1.82) is 0 Å². The molecular formula is C63H77N17. The summed E-state index contributed by atoms with van der Waals surface area (Å²) < 4.78 is 0. The van der Waals surface area contributed by atoms with Crippen molar-refractivity contribution in [3.63, 3.8) is 0 Å². The molecule has 0 saturated carbocycles. The number of pyridine rings is 4. The van der Waals surface area contributed by atoms with Crippen molar-refractivity contribution in [2.45, 2.75) is 53.4 Å². The first-order valence-electron chi connectivity index (χ1n) is 27.9. The normalized spacial score (nSPS) is 14.6. The maximum atomic E-state index is 5.04. The van der Waals surface area contributed by atoms with Gasteiger partial charge in [0.15, 0.2) is 11.6 Å². The standard InChI is InChI=1S/C32H34N8.C29H37N9.C2H6/c1-4-8-29(40-15-13-39(3)14-16-40)30-22(2)35-32(36-30)31-26-18-27(34-21-28(26)37-38-31)25-17-24(19-33-20-25)12-11-23-9-6-5-7-10-23;1-6-8-26(38-13-11-37(5)12-14-38)27-20(2)32-29(33-27)28-23-16-24(31-19-25(23)34-35-28)22-15-21(17-30-18-22)9-7-10-36(3)4;1-2/h4-10,17-21H,1,11-16H2,2-3H3,(H,35,36)(H,37,38);6,8,15-19H,1,7,9-14H2,2-5H3,(H,32,33)(H,34,35);1-2H3/b29-8+;26-8+;. The molecule has 0 atom stereocenters. The molecule has 11 rings (SSSR count). The number of allylic oxidation sites excluding steroid dienone is 4. The zero-order chi connectivity index (χ0) is 56.1. The van der Waals surface area contributed by atoms with E-state index in [2.05, 4.69) is 181 Å². The molecule has 0 spiro atoms. The highest BCUT2D eigenvalue weighted by Crippen LogP contribution is 2.33. The molecule has 414 valence electrons.